The fraction of sp³-hybridized carbons (Fsp3) is 0.583. The fourth-order valence-electron chi connectivity index (χ4n) is 1.80. The zero-order valence-electron chi connectivity index (χ0n) is 10.0. The Kier molecular flexibility index (Phi) is 6.60. The molecule has 1 heterocycles. The highest BCUT2D eigenvalue weighted by Crippen LogP contribution is 2.17. The number of likely N-dealkylation sites (N-methyl/N-ethyl adjacent to an activating group) is 1. The van der Waals surface area contributed by atoms with E-state index < -0.39 is 0 Å². The Bertz CT molecular complexity index is 289. The van der Waals surface area contributed by atoms with Crippen LogP contribution in [-0.4, -0.2) is 43.7 Å². The molecule has 0 fully saturated rings. The molecule has 4 heteroatoms. The maximum absolute atomic E-state index is 11.4. The number of halogens is 1. The van der Waals surface area contributed by atoms with Crippen molar-refractivity contribution in [1.29, 1.82) is 0 Å². The van der Waals surface area contributed by atoms with Gasteiger partial charge in [0.2, 0.25) is 0 Å². The van der Waals surface area contributed by atoms with Crippen LogP contribution >= 0.6 is 0 Å². The molecule has 0 aromatic heterocycles. The zero-order chi connectivity index (χ0) is 11.3. The molecule has 0 saturated carbocycles. The lowest BCUT2D eigenvalue weighted by Crippen LogP contribution is -3.00. The lowest BCUT2D eigenvalue weighted by atomic mass is 10.1. The molecular formula is C12H20BrNO2. The number of carbonyl (C=O) groups is 1. The van der Waals surface area contributed by atoms with Crippen LogP contribution in [0.5, 0.6) is 0 Å². The van der Waals surface area contributed by atoms with Gasteiger partial charge in [-0.25, -0.2) is 4.79 Å². The highest BCUT2D eigenvalue weighted by molar-refractivity contribution is 5.88. The van der Waals surface area contributed by atoms with Crippen LogP contribution in [-0.2, 0) is 9.53 Å². The van der Waals surface area contributed by atoms with Gasteiger partial charge in [0, 0.05) is 12.0 Å². The highest BCUT2D eigenvalue weighted by atomic mass is 79.9. The van der Waals surface area contributed by atoms with Gasteiger partial charge in [-0.3, -0.25) is 0 Å². The molecule has 3 nitrogen and oxygen atoms in total. The van der Waals surface area contributed by atoms with E-state index >= 15 is 0 Å². The van der Waals surface area contributed by atoms with Crippen LogP contribution in [0, 0.1) is 0 Å². The number of ether oxygens (including phenoxy) is 1. The molecule has 1 unspecified atom stereocenters. The Morgan fingerprint density at radius 1 is 1.69 bits per heavy atom. The summed E-state index contributed by atoms with van der Waals surface area (Å²) in [6.45, 7) is 8.86. The van der Waals surface area contributed by atoms with Crippen molar-refractivity contribution in [2.45, 2.75) is 13.3 Å². The van der Waals surface area contributed by atoms with E-state index in [1.807, 2.05) is 19.1 Å². The lowest BCUT2D eigenvalue weighted by Gasteiger charge is -2.35. The van der Waals surface area contributed by atoms with Gasteiger partial charge in [0.15, 0.2) is 0 Å². The molecule has 1 rings (SSSR count). The van der Waals surface area contributed by atoms with Crippen molar-refractivity contribution in [3.8, 4) is 0 Å². The monoisotopic (exact) mass is 289 g/mol. The summed E-state index contributed by atoms with van der Waals surface area (Å²) in [5.41, 5.74) is 0.830. The van der Waals surface area contributed by atoms with E-state index in [1.165, 1.54) is 0 Å². The van der Waals surface area contributed by atoms with Gasteiger partial charge >= 0.3 is 5.97 Å². The average Bonchev–Trinajstić information content (AvgIpc) is 2.19. The Morgan fingerprint density at radius 3 is 2.81 bits per heavy atom. The molecule has 0 bridgehead atoms. The molecule has 1 aliphatic rings. The van der Waals surface area contributed by atoms with Crippen molar-refractivity contribution in [1.82, 2.24) is 0 Å². The number of quaternary nitrogens is 1. The van der Waals surface area contributed by atoms with Gasteiger partial charge in [-0.2, -0.15) is 0 Å². The Balaban J connectivity index is 0.00000225. The molecule has 0 N–H and O–H groups in total. The maximum Gasteiger partial charge on any atom is 0.334 e. The normalized spacial score (nSPS) is 24.0. The van der Waals surface area contributed by atoms with Crippen LogP contribution in [0.15, 0.2) is 24.3 Å². The molecule has 92 valence electrons. The Morgan fingerprint density at radius 2 is 2.38 bits per heavy atom. The van der Waals surface area contributed by atoms with Crippen molar-refractivity contribution in [3.63, 3.8) is 0 Å². The van der Waals surface area contributed by atoms with Gasteiger partial charge in [0.25, 0.3) is 0 Å². The minimum Gasteiger partial charge on any atom is -1.00 e. The molecule has 1 atom stereocenters. The molecule has 1 aliphatic heterocycles. The third kappa shape index (κ3) is 4.10. The number of nitrogens with zero attached hydrogens (tertiary/aromatic N) is 1. The highest BCUT2D eigenvalue weighted by Gasteiger charge is 2.26. The molecule has 0 radical (unpaired) electrons. The second-order valence-corrected chi connectivity index (χ2v) is 4.20. The maximum atomic E-state index is 11.4. The fourth-order valence-corrected chi connectivity index (χ4v) is 1.80. The average molecular weight is 290 g/mol. The standard InChI is InChI=1S/C12H20NO2.BrH/c1-4-8-13(3)9-6-11(7-10-13)12(14)15-5-2;/h4,6H,1,5,7-10H2,2-3H3;1H/q+1;/p-1. The van der Waals surface area contributed by atoms with Gasteiger partial charge in [-0.05, 0) is 19.1 Å². The van der Waals surface area contributed by atoms with Gasteiger partial charge in [0.1, 0.15) is 0 Å². The number of carbonyl (C=O) groups excluding carboxylic acids is 1. The molecule has 0 spiro atoms. The third-order valence-electron chi connectivity index (χ3n) is 2.81. The van der Waals surface area contributed by atoms with Crippen LogP contribution in [0.4, 0.5) is 0 Å². The summed E-state index contributed by atoms with van der Waals surface area (Å²) in [6, 6.07) is 0. The van der Waals surface area contributed by atoms with E-state index in [4.69, 9.17) is 4.74 Å². The summed E-state index contributed by atoms with van der Waals surface area (Å²) < 4.78 is 5.91. The first-order chi connectivity index (χ1) is 7.11. The van der Waals surface area contributed by atoms with Crippen LogP contribution in [0.25, 0.3) is 0 Å². The SMILES string of the molecule is C=CC[N+]1(C)CC=C(C(=O)OCC)CC1.[Br-]. The van der Waals surface area contributed by atoms with Crippen molar-refractivity contribution < 1.29 is 31.0 Å². The predicted octanol–water partition coefficient (Wildman–Crippen LogP) is -1.48. The van der Waals surface area contributed by atoms with E-state index in [0.717, 1.165) is 36.1 Å². The van der Waals surface area contributed by atoms with E-state index in [2.05, 4.69) is 13.6 Å². The van der Waals surface area contributed by atoms with E-state index in [9.17, 15) is 4.79 Å². The number of esters is 1. The quantitative estimate of drug-likeness (QED) is 0.358. The van der Waals surface area contributed by atoms with Crippen molar-refractivity contribution in [2.24, 2.45) is 0 Å². The van der Waals surface area contributed by atoms with E-state index in [1.54, 1.807) is 0 Å². The number of rotatable bonds is 4. The summed E-state index contributed by atoms with van der Waals surface area (Å²) in [7, 11) is 2.18. The first-order valence-electron chi connectivity index (χ1n) is 5.42. The van der Waals surface area contributed by atoms with Crippen LogP contribution < -0.4 is 17.0 Å². The third-order valence-corrected chi connectivity index (χ3v) is 2.81. The topological polar surface area (TPSA) is 26.3 Å². The van der Waals surface area contributed by atoms with Gasteiger partial charge in [0.05, 0.1) is 33.3 Å². The largest absolute Gasteiger partial charge is 1.00 e. The predicted molar refractivity (Wildman–Crippen MR) is 60.3 cm³/mol. The molecule has 0 saturated heterocycles. The molecule has 0 aromatic carbocycles. The molecule has 0 amide bonds. The first-order valence-corrected chi connectivity index (χ1v) is 5.42. The summed E-state index contributed by atoms with van der Waals surface area (Å²) in [5, 5.41) is 0. The second kappa shape index (κ2) is 6.86. The minimum atomic E-state index is -0.151. The zero-order valence-corrected chi connectivity index (χ0v) is 11.6. The lowest BCUT2D eigenvalue weighted by molar-refractivity contribution is -0.899. The molecule has 0 aliphatic carbocycles. The van der Waals surface area contributed by atoms with E-state index in [0.29, 0.717) is 6.61 Å². The number of hydrogen-bond donors (Lipinski definition) is 0. The summed E-state index contributed by atoms with van der Waals surface area (Å²) in [6.07, 6.45) is 4.75. The van der Waals surface area contributed by atoms with Crippen LogP contribution in [0.1, 0.15) is 13.3 Å². The summed E-state index contributed by atoms with van der Waals surface area (Å²) >= 11 is 0. The first kappa shape index (κ1) is 15.4. The molecular weight excluding hydrogens is 270 g/mol. The minimum absolute atomic E-state index is 0. The van der Waals surface area contributed by atoms with Crippen LogP contribution in [0.3, 0.4) is 0 Å². The number of hydrogen-bond acceptors (Lipinski definition) is 2. The Labute approximate surface area is 108 Å². The van der Waals surface area contributed by atoms with Gasteiger partial charge < -0.3 is 26.2 Å². The Hall–Kier alpha value is -0.610. The van der Waals surface area contributed by atoms with Crippen molar-refractivity contribution in [3.05, 3.63) is 24.3 Å². The van der Waals surface area contributed by atoms with E-state index in [-0.39, 0.29) is 23.0 Å². The summed E-state index contributed by atoms with van der Waals surface area (Å²) in [4.78, 5) is 11.4. The molecule has 16 heavy (non-hydrogen) atoms. The second-order valence-electron chi connectivity index (χ2n) is 4.20. The molecule has 0 aromatic rings. The van der Waals surface area contributed by atoms with Crippen molar-refractivity contribution in [2.75, 3.05) is 33.3 Å². The summed E-state index contributed by atoms with van der Waals surface area (Å²) in [5.74, 6) is -0.151. The van der Waals surface area contributed by atoms with Crippen LogP contribution in [0.2, 0.25) is 0 Å². The van der Waals surface area contributed by atoms with Gasteiger partial charge in [-0.15, -0.1) is 0 Å². The smallest absolute Gasteiger partial charge is 0.334 e. The van der Waals surface area contributed by atoms with Crippen molar-refractivity contribution >= 4 is 5.97 Å². The van der Waals surface area contributed by atoms with Gasteiger partial charge in [-0.1, -0.05) is 6.58 Å².